The number of hydrogen-bond donors (Lipinski definition) is 0. The zero-order valence-electron chi connectivity index (χ0n) is 10.2. The van der Waals surface area contributed by atoms with E-state index in [2.05, 4.69) is 4.98 Å². The lowest BCUT2D eigenvalue weighted by molar-refractivity contribution is -0.144. The summed E-state index contributed by atoms with van der Waals surface area (Å²) in [7, 11) is 0. The third-order valence-corrected chi connectivity index (χ3v) is 3.41. The highest BCUT2D eigenvalue weighted by Crippen LogP contribution is 2.29. The van der Waals surface area contributed by atoms with Gasteiger partial charge in [0.1, 0.15) is 6.33 Å². The fraction of sp³-hybridized carbons (Fsp3) is 0.692. The van der Waals surface area contributed by atoms with Crippen LogP contribution in [0.2, 0.25) is 0 Å². The molecule has 94 valence electrons. The van der Waals surface area contributed by atoms with Gasteiger partial charge in [0.2, 0.25) is 0 Å². The van der Waals surface area contributed by atoms with Crippen molar-refractivity contribution in [3.63, 3.8) is 0 Å². The second kappa shape index (κ2) is 6.42. The maximum absolute atomic E-state index is 11.4. The Kier molecular flexibility index (Phi) is 4.59. The minimum atomic E-state index is -0.172. The Bertz CT molecular complexity index is 329. The van der Waals surface area contributed by atoms with Crippen LogP contribution < -0.4 is 4.84 Å². The Hall–Kier alpha value is -1.32. The summed E-state index contributed by atoms with van der Waals surface area (Å²) in [5.41, 5.74) is 0. The summed E-state index contributed by atoms with van der Waals surface area (Å²) in [5, 5.41) is 0. The average molecular weight is 236 g/mol. The molecular weight excluding hydrogens is 216 g/mol. The van der Waals surface area contributed by atoms with Crippen molar-refractivity contribution in [3.05, 3.63) is 18.7 Å². The zero-order chi connectivity index (χ0) is 11.9. The predicted octanol–water partition coefficient (Wildman–Crippen LogP) is 2.59. The number of unbranched alkanes of at least 4 members (excludes halogenated alkanes) is 1. The maximum Gasteiger partial charge on any atom is 0.332 e. The van der Waals surface area contributed by atoms with E-state index in [4.69, 9.17) is 4.84 Å². The van der Waals surface area contributed by atoms with Crippen molar-refractivity contribution >= 4 is 5.97 Å². The van der Waals surface area contributed by atoms with Crippen LogP contribution in [0.25, 0.3) is 0 Å². The Morgan fingerprint density at radius 1 is 1.35 bits per heavy atom. The normalized spacial score (nSPS) is 16.2. The van der Waals surface area contributed by atoms with Gasteiger partial charge in [0.05, 0.1) is 6.20 Å². The molecule has 0 N–H and O–H groups in total. The number of carbonyl (C=O) groups excluding carboxylic acids is 1. The lowest BCUT2D eigenvalue weighted by atomic mass is 10.00. The van der Waals surface area contributed by atoms with Crippen molar-refractivity contribution < 1.29 is 9.63 Å². The van der Waals surface area contributed by atoms with Crippen LogP contribution in [0.5, 0.6) is 0 Å². The fourth-order valence-electron chi connectivity index (χ4n) is 2.47. The van der Waals surface area contributed by atoms with Crippen molar-refractivity contribution in [1.29, 1.82) is 0 Å². The largest absolute Gasteiger partial charge is 0.336 e. The van der Waals surface area contributed by atoms with Gasteiger partial charge in [0.15, 0.2) is 0 Å². The lowest BCUT2D eigenvalue weighted by Crippen LogP contribution is -2.17. The molecule has 0 amide bonds. The van der Waals surface area contributed by atoms with Crippen molar-refractivity contribution in [1.82, 2.24) is 9.71 Å². The average Bonchev–Trinajstić information content (AvgIpc) is 2.96. The van der Waals surface area contributed by atoms with E-state index in [9.17, 15) is 4.79 Å². The Labute approximate surface area is 102 Å². The van der Waals surface area contributed by atoms with Crippen molar-refractivity contribution in [2.75, 3.05) is 0 Å². The maximum atomic E-state index is 11.4. The van der Waals surface area contributed by atoms with E-state index in [1.807, 2.05) is 0 Å². The van der Waals surface area contributed by atoms with Crippen LogP contribution in [-0.4, -0.2) is 15.7 Å². The van der Waals surface area contributed by atoms with E-state index in [1.54, 1.807) is 12.4 Å². The quantitative estimate of drug-likeness (QED) is 0.713. The van der Waals surface area contributed by atoms with Crippen LogP contribution in [0.15, 0.2) is 18.7 Å². The van der Waals surface area contributed by atoms with Crippen molar-refractivity contribution in [2.24, 2.45) is 5.92 Å². The molecule has 1 aromatic rings. The SMILES string of the molecule is O=C(CCCCC1CCCC1)On1ccnc1. The molecule has 1 heterocycles. The van der Waals surface area contributed by atoms with Crippen LogP contribution in [-0.2, 0) is 4.79 Å². The molecule has 1 aliphatic rings. The molecule has 0 aliphatic heterocycles. The molecule has 0 radical (unpaired) electrons. The molecular formula is C13H20N2O2. The number of hydrogen-bond acceptors (Lipinski definition) is 3. The van der Waals surface area contributed by atoms with Crippen LogP contribution in [0.1, 0.15) is 51.4 Å². The molecule has 0 unspecified atom stereocenters. The number of nitrogens with zero attached hydrogens (tertiary/aromatic N) is 2. The molecule has 1 saturated carbocycles. The summed E-state index contributed by atoms with van der Waals surface area (Å²) < 4.78 is 1.35. The summed E-state index contributed by atoms with van der Waals surface area (Å²) in [6.45, 7) is 0. The standard InChI is InChI=1S/C13H20N2O2/c16-13(17-15-10-9-14-11-15)8-4-3-7-12-5-1-2-6-12/h9-12H,1-8H2. The molecule has 0 aromatic carbocycles. The second-order valence-electron chi connectivity index (χ2n) is 4.78. The summed E-state index contributed by atoms with van der Waals surface area (Å²) in [4.78, 5) is 20.3. The molecule has 1 aliphatic carbocycles. The van der Waals surface area contributed by atoms with Gasteiger partial charge >= 0.3 is 5.97 Å². The number of rotatable bonds is 6. The first kappa shape index (κ1) is 12.1. The lowest BCUT2D eigenvalue weighted by Gasteiger charge is -2.07. The predicted molar refractivity (Wildman–Crippen MR) is 64.2 cm³/mol. The van der Waals surface area contributed by atoms with Crippen molar-refractivity contribution in [2.45, 2.75) is 51.4 Å². The molecule has 0 saturated heterocycles. The molecule has 0 bridgehead atoms. The summed E-state index contributed by atoms with van der Waals surface area (Å²) in [6.07, 6.45) is 14.1. The van der Waals surface area contributed by atoms with Gasteiger partial charge in [-0.3, -0.25) is 0 Å². The first-order chi connectivity index (χ1) is 8.34. The van der Waals surface area contributed by atoms with E-state index >= 15 is 0 Å². The highest BCUT2D eigenvalue weighted by Gasteiger charge is 2.14. The molecule has 2 rings (SSSR count). The van der Waals surface area contributed by atoms with Gasteiger partial charge in [-0.15, -0.1) is 0 Å². The topological polar surface area (TPSA) is 44.1 Å². The Balaban J connectivity index is 1.54. The summed E-state index contributed by atoms with van der Waals surface area (Å²) in [6, 6.07) is 0. The van der Waals surface area contributed by atoms with Crippen LogP contribution in [0.4, 0.5) is 0 Å². The van der Waals surface area contributed by atoms with Gasteiger partial charge in [0.25, 0.3) is 0 Å². The second-order valence-corrected chi connectivity index (χ2v) is 4.78. The van der Waals surface area contributed by atoms with E-state index in [1.165, 1.54) is 43.2 Å². The third-order valence-electron chi connectivity index (χ3n) is 3.41. The monoisotopic (exact) mass is 236 g/mol. The molecule has 4 heteroatoms. The van der Waals surface area contributed by atoms with E-state index in [0.717, 1.165) is 18.8 Å². The van der Waals surface area contributed by atoms with Gasteiger partial charge in [0, 0.05) is 12.6 Å². The minimum Gasteiger partial charge on any atom is -0.336 e. The number of aromatic nitrogens is 2. The van der Waals surface area contributed by atoms with Gasteiger partial charge in [-0.25, -0.2) is 9.78 Å². The Morgan fingerprint density at radius 2 is 2.18 bits per heavy atom. The first-order valence-electron chi connectivity index (χ1n) is 6.54. The van der Waals surface area contributed by atoms with E-state index in [0.29, 0.717) is 6.42 Å². The van der Waals surface area contributed by atoms with Crippen LogP contribution in [0.3, 0.4) is 0 Å². The first-order valence-corrected chi connectivity index (χ1v) is 6.54. The smallest absolute Gasteiger partial charge is 0.332 e. The zero-order valence-corrected chi connectivity index (χ0v) is 10.2. The number of imidazole rings is 1. The van der Waals surface area contributed by atoms with Gasteiger partial charge < -0.3 is 4.84 Å². The summed E-state index contributed by atoms with van der Waals surface area (Å²) in [5.74, 6) is 0.745. The third kappa shape index (κ3) is 4.21. The molecule has 0 atom stereocenters. The van der Waals surface area contributed by atoms with Gasteiger partial charge in [-0.2, -0.15) is 4.73 Å². The van der Waals surface area contributed by atoms with Crippen molar-refractivity contribution in [3.8, 4) is 0 Å². The van der Waals surface area contributed by atoms with E-state index in [-0.39, 0.29) is 5.97 Å². The Morgan fingerprint density at radius 3 is 2.88 bits per heavy atom. The highest BCUT2D eigenvalue weighted by molar-refractivity contribution is 5.69. The van der Waals surface area contributed by atoms with Crippen LogP contribution in [0, 0.1) is 5.92 Å². The van der Waals surface area contributed by atoms with Gasteiger partial charge in [-0.1, -0.05) is 38.5 Å². The molecule has 17 heavy (non-hydrogen) atoms. The fourth-order valence-corrected chi connectivity index (χ4v) is 2.47. The molecule has 1 aromatic heterocycles. The molecule has 1 fully saturated rings. The molecule has 0 spiro atoms. The number of carbonyl (C=O) groups is 1. The highest BCUT2D eigenvalue weighted by atomic mass is 16.7. The van der Waals surface area contributed by atoms with E-state index < -0.39 is 0 Å². The molecule has 4 nitrogen and oxygen atoms in total. The van der Waals surface area contributed by atoms with Gasteiger partial charge in [-0.05, 0) is 12.3 Å². The summed E-state index contributed by atoms with van der Waals surface area (Å²) >= 11 is 0. The minimum absolute atomic E-state index is 0.172. The van der Waals surface area contributed by atoms with Crippen LogP contribution >= 0.6 is 0 Å².